The van der Waals surface area contributed by atoms with E-state index in [0.717, 1.165) is 33.9 Å². The van der Waals surface area contributed by atoms with Gasteiger partial charge in [0.1, 0.15) is 6.07 Å². The quantitative estimate of drug-likeness (QED) is 0.471. The topological polar surface area (TPSA) is 85.2 Å². The monoisotopic (exact) mass is 484 g/mol. The number of nitrogens with zero attached hydrogens (tertiary/aromatic N) is 2. The number of likely N-dealkylation sites (tertiary alicyclic amines) is 1. The molecule has 1 heterocycles. The highest BCUT2D eigenvalue weighted by atomic mass is 32.2. The van der Waals surface area contributed by atoms with Gasteiger partial charge in [-0.25, -0.2) is 4.79 Å². The van der Waals surface area contributed by atoms with Crippen LogP contribution in [0.3, 0.4) is 0 Å². The SMILES string of the molecule is Cc1ccc(NC(=O)NCC2CCCN(C(=O)c3ccccc3Sc3ccccc3C#N)C2)cc1. The van der Waals surface area contributed by atoms with Crippen LogP contribution < -0.4 is 10.6 Å². The summed E-state index contributed by atoms with van der Waals surface area (Å²) in [5, 5.41) is 15.2. The van der Waals surface area contributed by atoms with E-state index >= 15 is 0 Å². The number of piperidine rings is 1. The number of nitrogens with one attached hydrogen (secondary N) is 2. The molecule has 6 nitrogen and oxygen atoms in total. The molecule has 0 aliphatic carbocycles. The van der Waals surface area contributed by atoms with E-state index in [1.54, 1.807) is 6.07 Å². The van der Waals surface area contributed by atoms with Crippen molar-refractivity contribution in [3.05, 3.63) is 89.5 Å². The first-order valence-corrected chi connectivity index (χ1v) is 12.5. The third kappa shape index (κ3) is 6.43. The molecular weight excluding hydrogens is 456 g/mol. The molecule has 1 aliphatic heterocycles. The number of urea groups is 1. The number of carbonyl (C=O) groups is 2. The van der Waals surface area contributed by atoms with Gasteiger partial charge in [0.25, 0.3) is 5.91 Å². The number of hydrogen-bond donors (Lipinski definition) is 2. The lowest BCUT2D eigenvalue weighted by Crippen LogP contribution is -2.44. The summed E-state index contributed by atoms with van der Waals surface area (Å²) in [5.41, 5.74) is 3.11. The van der Waals surface area contributed by atoms with Gasteiger partial charge >= 0.3 is 6.03 Å². The van der Waals surface area contributed by atoms with Crippen molar-refractivity contribution in [1.29, 1.82) is 5.26 Å². The number of carbonyl (C=O) groups excluding carboxylic acids is 2. The maximum atomic E-state index is 13.5. The summed E-state index contributed by atoms with van der Waals surface area (Å²) >= 11 is 1.44. The zero-order chi connectivity index (χ0) is 24.6. The lowest BCUT2D eigenvalue weighted by Gasteiger charge is -2.33. The van der Waals surface area contributed by atoms with Crippen LogP contribution in [0.2, 0.25) is 0 Å². The number of hydrogen-bond acceptors (Lipinski definition) is 4. The van der Waals surface area contributed by atoms with Gasteiger partial charge in [0, 0.05) is 35.1 Å². The normalized spacial score (nSPS) is 15.2. The third-order valence-electron chi connectivity index (χ3n) is 6.01. The van der Waals surface area contributed by atoms with E-state index in [2.05, 4.69) is 16.7 Å². The summed E-state index contributed by atoms with van der Waals surface area (Å²) in [6.07, 6.45) is 1.85. The molecule has 35 heavy (non-hydrogen) atoms. The molecular formula is C28H28N4O2S. The summed E-state index contributed by atoms with van der Waals surface area (Å²) in [6.45, 7) is 3.80. The first kappa shape index (κ1) is 24.4. The second-order valence-corrected chi connectivity index (χ2v) is 9.75. The van der Waals surface area contributed by atoms with Gasteiger partial charge in [0.15, 0.2) is 0 Å². The van der Waals surface area contributed by atoms with Crippen molar-refractivity contribution in [1.82, 2.24) is 10.2 Å². The first-order valence-electron chi connectivity index (χ1n) is 11.7. The third-order valence-corrected chi connectivity index (χ3v) is 7.16. The molecule has 0 saturated carbocycles. The molecule has 178 valence electrons. The summed E-state index contributed by atoms with van der Waals surface area (Å²) in [6, 6.07) is 24.6. The summed E-state index contributed by atoms with van der Waals surface area (Å²) in [7, 11) is 0. The smallest absolute Gasteiger partial charge is 0.319 e. The number of amides is 3. The molecule has 0 spiro atoms. The fraction of sp³-hybridized carbons (Fsp3) is 0.250. The van der Waals surface area contributed by atoms with Crippen LogP contribution in [0.1, 0.15) is 34.3 Å². The van der Waals surface area contributed by atoms with E-state index in [9.17, 15) is 14.9 Å². The van der Waals surface area contributed by atoms with Crippen molar-refractivity contribution in [2.45, 2.75) is 29.6 Å². The van der Waals surface area contributed by atoms with Crippen LogP contribution in [0, 0.1) is 24.2 Å². The number of nitriles is 1. The Morgan fingerprint density at radius 3 is 2.51 bits per heavy atom. The summed E-state index contributed by atoms with van der Waals surface area (Å²) in [5.74, 6) is 0.173. The molecule has 1 atom stereocenters. The molecule has 1 fully saturated rings. The van der Waals surface area contributed by atoms with E-state index in [4.69, 9.17) is 0 Å². The molecule has 2 N–H and O–H groups in total. The second kappa shape index (κ2) is 11.6. The lowest BCUT2D eigenvalue weighted by atomic mass is 9.97. The van der Waals surface area contributed by atoms with Crippen LogP contribution in [0.4, 0.5) is 10.5 Å². The molecule has 1 aliphatic rings. The van der Waals surface area contributed by atoms with Crippen LogP contribution in [-0.2, 0) is 0 Å². The first-order chi connectivity index (χ1) is 17.0. The Balaban J connectivity index is 1.37. The average molecular weight is 485 g/mol. The minimum atomic E-state index is -0.241. The number of aryl methyl sites for hydroxylation is 1. The fourth-order valence-corrected chi connectivity index (χ4v) is 5.15. The molecule has 0 aromatic heterocycles. The Bertz CT molecular complexity index is 1240. The summed E-state index contributed by atoms with van der Waals surface area (Å²) < 4.78 is 0. The molecule has 0 bridgehead atoms. The zero-order valence-electron chi connectivity index (χ0n) is 19.7. The van der Waals surface area contributed by atoms with Crippen LogP contribution in [-0.4, -0.2) is 36.5 Å². The lowest BCUT2D eigenvalue weighted by molar-refractivity contribution is 0.0671. The average Bonchev–Trinajstić information content (AvgIpc) is 2.89. The zero-order valence-corrected chi connectivity index (χ0v) is 20.5. The van der Waals surface area contributed by atoms with Crippen molar-refractivity contribution in [2.24, 2.45) is 5.92 Å². The van der Waals surface area contributed by atoms with Gasteiger partial charge in [-0.1, -0.05) is 53.7 Å². The molecule has 1 saturated heterocycles. The number of rotatable bonds is 6. The second-order valence-electron chi connectivity index (χ2n) is 8.67. The minimum Gasteiger partial charge on any atom is -0.338 e. The van der Waals surface area contributed by atoms with E-state index < -0.39 is 0 Å². The Morgan fingerprint density at radius 1 is 1.03 bits per heavy atom. The van der Waals surface area contributed by atoms with Gasteiger partial charge < -0.3 is 15.5 Å². The van der Waals surface area contributed by atoms with Crippen LogP contribution in [0.25, 0.3) is 0 Å². The number of anilines is 1. The van der Waals surface area contributed by atoms with Crippen molar-refractivity contribution in [3.63, 3.8) is 0 Å². The Labute approximate surface area is 210 Å². The molecule has 7 heteroatoms. The Kier molecular flexibility index (Phi) is 8.07. The van der Waals surface area contributed by atoms with Gasteiger partial charge in [-0.2, -0.15) is 5.26 Å². The predicted molar refractivity (Wildman–Crippen MR) is 139 cm³/mol. The van der Waals surface area contributed by atoms with Crippen molar-refractivity contribution < 1.29 is 9.59 Å². The Hall–Kier alpha value is -3.76. The van der Waals surface area contributed by atoms with Crippen molar-refractivity contribution in [3.8, 4) is 6.07 Å². The molecule has 0 radical (unpaired) electrons. The van der Waals surface area contributed by atoms with Gasteiger partial charge in [-0.15, -0.1) is 0 Å². The van der Waals surface area contributed by atoms with Crippen molar-refractivity contribution in [2.75, 3.05) is 25.0 Å². The molecule has 1 unspecified atom stereocenters. The van der Waals surface area contributed by atoms with Gasteiger partial charge in [0.05, 0.1) is 11.1 Å². The highest BCUT2D eigenvalue weighted by Crippen LogP contribution is 2.33. The summed E-state index contributed by atoms with van der Waals surface area (Å²) in [4.78, 5) is 29.3. The Morgan fingerprint density at radius 2 is 1.74 bits per heavy atom. The highest BCUT2D eigenvalue weighted by Gasteiger charge is 2.26. The molecule has 4 rings (SSSR count). The van der Waals surface area contributed by atoms with Gasteiger partial charge in [-0.05, 0) is 62.1 Å². The van der Waals surface area contributed by atoms with Gasteiger partial charge in [-0.3, -0.25) is 4.79 Å². The highest BCUT2D eigenvalue weighted by molar-refractivity contribution is 7.99. The fourth-order valence-electron chi connectivity index (χ4n) is 4.13. The largest absolute Gasteiger partial charge is 0.338 e. The molecule has 3 aromatic rings. The van der Waals surface area contributed by atoms with E-state index in [-0.39, 0.29) is 17.9 Å². The molecule has 3 aromatic carbocycles. The molecule has 3 amide bonds. The van der Waals surface area contributed by atoms with E-state index in [1.807, 2.05) is 78.6 Å². The standard InChI is InChI=1S/C28H28N4O2S/c1-20-12-14-23(15-13-20)31-28(34)30-18-21-7-6-16-32(19-21)27(33)24-9-3-5-11-26(24)35-25-10-4-2-8-22(25)17-29/h2-5,8-15,21H,6-7,16,18-19H2,1H3,(H2,30,31,34). The predicted octanol–water partition coefficient (Wildman–Crippen LogP) is 5.69. The number of benzene rings is 3. The van der Waals surface area contributed by atoms with Crippen LogP contribution >= 0.6 is 11.8 Å². The van der Waals surface area contributed by atoms with E-state index in [0.29, 0.717) is 30.8 Å². The van der Waals surface area contributed by atoms with Crippen LogP contribution in [0.5, 0.6) is 0 Å². The maximum Gasteiger partial charge on any atom is 0.319 e. The minimum absolute atomic E-state index is 0.0173. The van der Waals surface area contributed by atoms with Gasteiger partial charge in [0.2, 0.25) is 0 Å². The van der Waals surface area contributed by atoms with Crippen LogP contribution in [0.15, 0.2) is 82.6 Å². The van der Waals surface area contributed by atoms with Crippen molar-refractivity contribution >= 4 is 29.4 Å². The van der Waals surface area contributed by atoms with E-state index in [1.165, 1.54) is 11.8 Å². The maximum absolute atomic E-state index is 13.5.